The monoisotopic (exact) mass is 444 g/mol. The molecule has 2 aromatic rings. The third kappa shape index (κ3) is 6.37. The first-order chi connectivity index (χ1) is 15.0. The van der Waals surface area contributed by atoms with Crippen LogP contribution in [0.3, 0.4) is 0 Å². The van der Waals surface area contributed by atoms with Crippen LogP contribution in [0.1, 0.15) is 24.8 Å². The summed E-state index contributed by atoms with van der Waals surface area (Å²) in [6.07, 6.45) is 1.89. The number of amides is 2. The van der Waals surface area contributed by atoms with E-state index in [2.05, 4.69) is 0 Å². The minimum atomic E-state index is -0.206. The highest BCUT2D eigenvalue weighted by Crippen LogP contribution is 2.25. The summed E-state index contributed by atoms with van der Waals surface area (Å²) in [7, 11) is 3.37. The second-order valence-electron chi connectivity index (χ2n) is 7.74. The number of methoxy groups -OCH3 is 1. The number of halogens is 1. The number of nitrogens with zero attached hydrogens (tertiary/aromatic N) is 2. The van der Waals surface area contributed by atoms with Gasteiger partial charge in [-0.15, -0.1) is 0 Å². The van der Waals surface area contributed by atoms with Crippen molar-refractivity contribution in [1.82, 2.24) is 9.80 Å². The van der Waals surface area contributed by atoms with Gasteiger partial charge in [0.15, 0.2) is 0 Å². The Labute approximate surface area is 188 Å². The first kappa shape index (κ1) is 22.9. The van der Waals surface area contributed by atoms with Crippen molar-refractivity contribution in [2.75, 3.05) is 33.9 Å². The van der Waals surface area contributed by atoms with Gasteiger partial charge in [0.1, 0.15) is 11.5 Å². The van der Waals surface area contributed by atoms with Crippen molar-refractivity contribution in [3.05, 3.63) is 59.1 Å². The lowest BCUT2D eigenvalue weighted by atomic mass is 9.96. The van der Waals surface area contributed by atoms with Crippen LogP contribution in [-0.4, -0.2) is 55.5 Å². The molecule has 0 radical (unpaired) electrons. The van der Waals surface area contributed by atoms with Crippen molar-refractivity contribution in [2.24, 2.45) is 5.92 Å². The lowest BCUT2D eigenvalue weighted by Crippen LogP contribution is -2.46. The zero-order valence-electron chi connectivity index (χ0n) is 18.1. The van der Waals surface area contributed by atoms with Crippen LogP contribution in [0.5, 0.6) is 11.5 Å². The fraction of sp³-hybridized carbons (Fsp3) is 0.417. The highest BCUT2D eigenvalue weighted by molar-refractivity contribution is 6.30. The van der Waals surface area contributed by atoms with Gasteiger partial charge in [-0.1, -0.05) is 29.8 Å². The summed E-state index contributed by atoms with van der Waals surface area (Å²) in [5, 5.41) is 0.601. The average molecular weight is 445 g/mol. The molecular formula is C24H29ClN2O4. The average Bonchev–Trinajstić information content (AvgIpc) is 2.79. The van der Waals surface area contributed by atoms with E-state index in [0.29, 0.717) is 43.4 Å². The van der Waals surface area contributed by atoms with E-state index in [4.69, 9.17) is 21.1 Å². The zero-order chi connectivity index (χ0) is 22.2. The quantitative estimate of drug-likeness (QED) is 0.617. The van der Waals surface area contributed by atoms with Gasteiger partial charge in [-0.2, -0.15) is 0 Å². The van der Waals surface area contributed by atoms with Crippen LogP contribution in [0.25, 0.3) is 0 Å². The summed E-state index contributed by atoms with van der Waals surface area (Å²) < 4.78 is 11.0. The summed E-state index contributed by atoms with van der Waals surface area (Å²) in [5.74, 6) is 1.29. The number of carbonyl (C=O) groups is 2. The van der Waals surface area contributed by atoms with Gasteiger partial charge < -0.3 is 19.3 Å². The molecule has 2 amide bonds. The van der Waals surface area contributed by atoms with Crippen molar-refractivity contribution in [2.45, 2.75) is 25.8 Å². The summed E-state index contributed by atoms with van der Waals surface area (Å²) in [4.78, 5) is 29.1. The van der Waals surface area contributed by atoms with Crippen LogP contribution >= 0.6 is 11.6 Å². The second-order valence-corrected chi connectivity index (χ2v) is 8.18. The van der Waals surface area contributed by atoms with Gasteiger partial charge >= 0.3 is 0 Å². The predicted octanol–water partition coefficient (Wildman–Crippen LogP) is 4.01. The molecule has 0 aliphatic carbocycles. The fourth-order valence-corrected chi connectivity index (χ4v) is 4.05. The predicted molar refractivity (Wildman–Crippen MR) is 120 cm³/mol. The highest BCUT2D eigenvalue weighted by atomic mass is 35.5. The molecule has 1 saturated heterocycles. The van der Waals surface area contributed by atoms with E-state index in [1.807, 2.05) is 36.4 Å². The number of likely N-dealkylation sites (tertiary alicyclic amines) is 1. The third-order valence-corrected chi connectivity index (χ3v) is 5.71. The number of hydrogen-bond acceptors (Lipinski definition) is 4. The van der Waals surface area contributed by atoms with Gasteiger partial charge in [-0.25, -0.2) is 0 Å². The smallest absolute Gasteiger partial charge is 0.227 e. The van der Waals surface area contributed by atoms with Crippen molar-refractivity contribution >= 4 is 23.4 Å². The van der Waals surface area contributed by atoms with E-state index in [0.717, 1.165) is 24.2 Å². The maximum absolute atomic E-state index is 13.0. The first-order valence-corrected chi connectivity index (χ1v) is 10.9. The molecule has 0 aromatic heterocycles. The van der Waals surface area contributed by atoms with Gasteiger partial charge in [0.05, 0.1) is 26.1 Å². The van der Waals surface area contributed by atoms with Crippen molar-refractivity contribution in [1.29, 1.82) is 0 Å². The molecule has 31 heavy (non-hydrogen) atoms. The second kappa shape index (κ2) is 11.0. The molecule has 0 spiro atoms. The van der Waals surface area contributed by atoms with E-state index < -0.39 is 0 Å². The van der Waals surface area contributed by atoms with Crippen LogP contribution in [0, 0.1) is 5.92 Å². The van der Waals surface area contributed by atoms with Gasteiger partial charge in [-0.05, 0) is 43.2 Å². The molecule has 1 fully saturated rings. The number of benzene rings is 2. The summed E-state index contributed by atoms with van der Waals surface area (Å²) in [5.41, 5.74) is 0.854. The Morgan fingerprint density at radius 3 is 2.71 bits per heavy atom. The molecule has 1 atom stereocenters. The van der Waals surface area contributed by atoms with E-state index >= 15 is 0 Å². The van der Waals surface area contributed by atoms with Crippen LogP contribution in [0.2, 0.25) is 5.02 Å². The molecule has 166 valence electrons. The molecule has 1 aliphatic heterocycles. The van der Waals surface area contributed by atoms with E-state index in [9.17, 15) is 9.59 Å². The van der Waals surface area contributed by atoms with Gasteiger partial charge in [0, 0.05) is 37.3 Å². The summed E-state index contributed by atoms with van der Waals surface area (Å²) in [6, 6.07) is 14.8. The molecule has 0 bridgehead atoms. The molecule has 7 heteroatoms. The Morgan fingerprint density at radius 1 is 1.19 bits per heavy atom. The normalized spacial score (nSPS) is 16.0. The first-order valence-electron chi connectivity index (χ1n) is 10.5. The molecule has 0 N–H and O–H groups in total. The number of ether oxygens (including phenoxy) is 2. The van der Waals surface area contributed by atoms with Crippen molar-refractivity contribution in [3.63, 3.8) is 0 Å². The topological polar surface area (TPSA) is 59.1 Å². The number of hydrogen-bond donors (Lipinski definition) is 0. The Kier molecular flexibility index (Phi) is 8.18. The lowest BCUT2D eigenvalue weighted by Gasteiger charge is -2.34. The largest absolute Gasteiger partial charge is 0.496 e. The number of para-hydroxylation sites is 1. The summed E-state index contributed by atoms with van der Waals surface area (Å²) in [6.45, 7) is 1.85. The van der Waals surface area contributed by atoms with Crippen LogP contribution in [0.15, 0.2) is 48.5 Å². The molecule has 1 aliphatic rings. The van der Waals surface area contributed by atoms with Crippen LogP contribution in [0.4, 0.5) is 0 Å². The lowest BCUT2D eigenvalue weighted by molar-refractivity contribution is -0.140. The van der Waals surface area contributed by atoms with E-state index in [1.54, 1.807) is 36.1 Å². The summed E-state index contributed by atoms with van der Waals surface area (Å²) >= 11 is 6.11. The van der Waals surface area contributed by atoms with Gasteiger partial charge in [0.2, 0.25) is 11.8 Å². The van der Waals surface area contributed by atoms with Crippen molar-refractivity contribution < 1.29 is 19.1 Å². The van der Waals surface area contributed by atoms with E-state index in [1.165, 1.54) is 0 Å². The molecule has 3 rings (SSSR count). The number of rotatable bonds is 8. The third-order valence-electron chi connectivity index (χ3n) is 5.48. The molecule has 6 nitrogen and oxygen atoms in total. The standard InChI is InChI=1S/C24H29ClN2O4/c1-26(16-19-15-20(25)10-11-22(19)30-2)24(29)18-7-6-13-27(17-18)23(28)12-14-31-21-8-4-3-5-9-21/h3-5,8-11,15,18H,6-7,12-14,16-17H2,1-2H3. The van der Waals surface area contributed by atoms with Crippen LogP contribution in [-0.2, 0) is 16.1 Å². The number of piperidine rings is 1. The highest BCUT2D eigenvalue weighted by Gasteiger charge is 2.30. The Morgan fingerprint density at radius 2 is 1.97 bits per heavy atom. The molecule has 0 saturated carbocycles. The Bertz CT molecular complexity index is 890. The van der Waals surface area contributed by atoms with E-state index in [-0.39, 0.29) is 17.7 Å². The fourth-order valence-electron chi connectivity index (χ4n) is 3.85. The molecular weight excluding hydrogens is 416 g/mol. The van der Waals surface area contributed by atoms with Crippen LogP contribution < -0.4 is 9.47 Å². The minimum Gasteiger partial charge on any atom is -0.496 e. The molecule has 2 aromatic carbocycles. The van der Waals surface area contributed by atoms with Crippen molar-refractivity contribution in [3.8, 4) is 11.5 Å². The zero-order valence-corrected chi connectivity index (χ0v) is 18.8. The Hall–Kier alpha value is -2.73. The number of carbonyl (C=O) groups excluding carboxylic acids is 2. The van der Waals surface area contributed by atoms with Gasteiger partial charge in [-0.3, -0.25) is 9.59 Å². The molecule has 1 heterocycles. The molecule has 1 unspecified atom stereocenters. The maximum atomic E-state index is 13.0. The minimum absolute atomic E-state index is 0.0209. The maximum Gasteiger partial charge on any atom is 0.227 e. The SMILES string of the molecule is COc1ccc(Cl)cc1CN(C)C(=O)C1CCCN(C(=O)CCOc2ccccc2)C1. The van der Waals surface area contributed by atoms with Gasteiger partial charge in [0.25, 0.3) is 0 Å². The Balaban J connectivity index is 1.52.